The third-order valence-electron chi connectivity index (χ3n) is 3.34. The number of piperidine rings is 1. The van der Waals surface area contributed by atoms with Gasteiger partial charge in [0.25, 0.3) is 0 Å². The Labute approximate surface area is 95.0 Å². The highest BCUT2D eigenvalue weighted by Gasteiger charge is 2.36. The quantitative estimate of drug-likeness (QED) is 0.703. The van der Waals surface area contributed by atoms with Crippen molar-refractivity contribution in [3.05, 3.63) is 0 Å². The van der Waals surface area contributed by atoms with Gasteiger partial charge in [-0.05, 0) is 59.4 Å². The molecule has 1 saturated heterocycles. The topological polar surface area (TPSA) is 38.0 Å². The summed E-state index contributed by atoms with van der Waals surface area (Å²) in [6.07, 6.45) is 6.45. The maximum atomic E-state index is 5.54. The van der Waals surface area contributed by atoms with E-state index in [9.17, 15) is 0 Å². The molecule has 0 saturated carbocycles. The second-order valence-corrected chi connectivity index (χ2v) is 6.45. The summed E-state index contributed by atoms with van der Waals surface area (Å²) in [5.74, 6) is 0.878. The van der Waals surface area contributed by atoms with E-state index in [4.69, 9.17) is 5.73 Å². The molecule has 0 spiro atoms. The third kappa shape index (κ3) is 4.52. The first-order chi connectivity index (χ1) is 6.85. The fourth-order valence-electron chi connectivity index (χ4n) is 3.32. The number of hydrogen-bond donors (Lipinski definition) is 2. The van der Waals surface area contributed by atoms with E-state index in [1.165, 1.54) is 32.1 Å². The molecule has 2 nitrogen and oxygen atoms in total. The fourth-order valence-corrected chi connectivity index (χ4v) is 3.32. The maximum Gasteiger partial charge on any atom is 0.0132 e. The van der Waals surface area contributed by atoms with Crippen LogP contribution in [0.3, 0.4) is 0 Å². The second-order valence-electron chi connectivity index (χ2n) is 6.45. The van der Waals surface area contributed by atoms with Crippen LogP contribution >= 0.6 is 0 Å². The van der Waals surface area contributed by atoms with Crippen molar-refractivity contribution in [2.75, 3.05) is 6.54 Å². The molecular formula is C13H28N2. The average Bonchev–Trinajstić information content (AvgIpc) is 1.98. The van der Waals surface area contributed by atoms with Gasteiger partial charge in [-0.3, -0.25) is 0 Å². The van der Waals surface area contributed by atoms with Crippen LogP contribution in [0.2, 0.25) is 0 Å². The Morgan fingerprint density at radius 1 is 1.07 bits per heavy atom. The van der Waals surface area contributed by atoms with E-state index in [1.54, 1.807) is 0 Å². The molecule has 0 aromatic rings. The van der Waals surface area contributed by atoms with Crippen molar-refractivity contribution in [3.63, 3.8) is 0 Å². The summed E-state index contributed by atoms with van der Waals surface area (Å²) in [4.78, 5) is 0. The van der Waals surface area contributed by atoms with Crippen LogP contribution in [-0.2, 0) is 0 Å². The van der Waals surface area contributed by atoms with Crippen LogP contribution in [0.5, 0.6) is 0 Å². The van der Waals surface area contributed by atoms with Crippen molar-refractivity contribution in [2.45, 2.75) is 70.9 Å². The lowest BCUT2D eigenvalue weighted by Gasteiger charge is -2.46. The summed E-state index contributed by atoms with van der Waals surface area (Å²) >= 11 is 0. The Bertz CT molecular complexity index is 181. The minimum atomic E-state index is 0.301. The van der Waals surface area contributed by atoms with Crippen molar-refractivity contribution in [2.24, 2.45) is 11.7 Å². The van der Waals surface area contributed by atoms with Crippen LogP contribution in [0.15, 0.2) is 0 Å². The largest absolute Gasteiger partial charge is 0.330 e. The van der Waals surface area contributed by atoms with Crippen LogP contribution in [0, 0.1) is 5.92 Å². The Morgan fingerprint density at radius 2 is 1.60 bits per heavy atom. The number of nitrogens with two attached hydrogens (primary N) is 1. The molecule has 0 atom stereocenters. The van der Waals surface area contributed by atoms with Crippen molar-refractivity contribution < 1.29 is 0 Å². The Kier molecular flexibility index (Phi) is 4.19. The smallest absolute Gasteiger partial charge is 0.0132 e. The van der Waals surface area contributed by atoms with Crippen molar-refractivity contribution in [1.82, 2.24) is 5.32 Å². The lowest BCUT2D eigenvalue weighted by atomic mass is 9.74. The first-order valence-electron chi connectivity index (χ1n) is 6.34. The van der Waals surface area contributed by atoms with Gasteiger partial charge in [-0.25, -0.2) is 0 Å². The molecule has 1 aliphatic heterocycles. The lowest BCUT2D eigenvalue weighted by molar-refractivity contribution is 0.122. The van der Waals surface area contributed by atoms with Gasteiger partial charge in [0.1, 0.15) is 0 Å². The van der Waals surface area contributed by atoms with Gasteiger partial charge in [0, 0.05) is 11.1 Å². The van der Waals surface area contributed by atoms with E-state index < -0.39 is 0 Å². The highest BCUT2D eigenvalue weighted by molar-refractivity contribution is 4.96. The van der Waals surface area contributed by atoms with Gasteiger partial charge in [0.05, 0.1) is 0 Å². The highest BCUT2D eigenvalue weighted by Crippen LogP contribution is 2.35. The molecule has 1 heterocycles. The average molecular weight is 212 g/mol. The van der Waals surface area contributed by atoms with Gasteiger partial charge in [0.2, 0.25) is 0 Å². The molecule has 1 rings (SSSR count). The molecule has 1 fully saturated rings. The molecule has 0 aromatic carbocycles. The summed E-state index contributed by atoms with van der Waals surface area (Å²) < 4.78 is 0. The Balaban J connectivity index is 2.44. The zero-order valence-corrected chi connectivity index (χ0v) is 10.9. The van der Waals surface area contributed by atoms with Crippen LogP contribution < -0.4 is 11.1 Å². The van der Waals surface area contributed by atoms with E-state index in [-0.39, 0.29) is 0 Å². The van der Waals surface area contributed by atoms with Gasteiger partial charge in [-0.15, -0.1) is 0 Å². The first-order valence-corrected chi connectivity index (χ1v) is 6.34. The number of rotatable bonds is 4. The van der Waals surface area contributed by atoms with Crippen LogP contribution in [0.1, 0.15) is 59.8 Å². The molecule has 2 heteroatoms. The number of unbranched alkanes of at least 4 members (excludes halogenated alkanes) is 1. The second kappa shape index (κ2) is 4.84. The normalized spacial score (nSPS) is 25.4. The predicted molar refractivity (Wildman–Crippen MR) is 66.9 cm³/mol. The molecule has 0 bridgehead atoms. The van der Waals surface area contributed by atoms with E-state index in [1.807, 2.05) is 0 Å². The summed E-state index contributed by atoms with van der Waals surface area (Å²) in [6, 6.07) is 0. The van der Waals surface area contributed by atoms with E-state index in [0.29, 0.717) is 11.1 Å². The molecule has 3 N–H and O–H groups in total. The minimum absolute atomic E-state index is 0.301. The summed E-state index contributed by atoms with van der Waals surface area (Å²) in [5, 5.41) is 3.73. The highest BCUT2D eigenvalue weighted by atomic mass is 15.0. The summed E-state index contributed by atoms with van der Waals surface area (Å²) in [7, 11) is 0. The molecule has 0 aromatic heterocycles. The van der Waals surface area contributed by atoms with E-state index >= 15 is 0 Å². The molecule has 1 aliphatic rings. The lowest BCUT2D eigenvalue weighted by Crippen LogP contribution is -2.57. The summed E-state index contributed by atoms with van der Waals surface area (Å²) in [5.41, 5.74) is 6.14. The molecular weight excluding hydrogens is 184 g/mol. The van der Waals surface area contributed by atoms with Gasteiger partial charge in [-0.2, -0.15) is 0 Å². The molecule has 90 valence electrons. The molecule has 0 amide bonds. The number of hydrogen-bond acceptors (Lipinski definition) is 2. The molecule has 0 radical (unpaired) electrons. The van der Waals surface area contributed by atoms with Gasteiger partial charge >= 0.3 is 0 Å². The Hall–Kier alpha value is -0.0800. The van der Waals surface area contributed by atoms with Gasteiger partial charge in [-0.1, -0.05) is 12.8 Å². The molecule has 0 aliphatic carbocycles. The predicted octanol–water partition coefficient (Wildman–Crippen LogP) is 2.67. The van der Waals surface area contributed by atoms with Gasteiger partial charge < -0.3 is 11.1 Å². The van der Waals surface area contributed by atoms with E-state index in [2.05, 4.69) is 33.0 Å². The summed E-state index contributed by atoms with van der Waals surface area (Å²) in [6.45, 7) is 10.1. The van der Waals surface area contributed by atoms with Crippen molar-refractivity contribution >= 4 is 0 Å². The van der Waals surface area contributed by atoms with Crippen molar-refractivity contribution in [3.8, 4) is 0 Å². The van der Waals surface area contributed by atoms with Crippen LogP contribution in [0.25, 0.3) is 0 Å². The fraction of sp³-hybridized carbons (Fsp3) is 1.00. The van der Waals surface area contributed by atoms with E-state index in [0.717, 1.165) is 12.5 Å². The van der Waals surface area contributed by atoms with Crippen molar-refractivity contribution in [1.29, 1.82) is 0 Å². The van der Waals surface area contributed by atoms with Crippen LogP contribution in [-0.4, -0.2) is 17.6 Å². The Morgan fingerprint density at radius 3 is 2.07 bits per heavy atom. The monoisotopic (exact) mass is 212 g/mol. The zero-order chi connectivity index (χ0) is 11.5. The zero-order valence-electron chi connectivity index (χ0n) is 10.9. The SMILES string of the molecule is CC1(C)CC(CCCCN)CC(C)(C)N1. The maximum absolute atomic E-state index is 5.54. The standard InChI is InChI=1S/C13H28N2/c1-12(2)9-11(7-5-6-8-14)10-13(3,4)15-12/h11,15H,5-10,14H2,1-4H3. The number of nitrogens with one attached hydrogen (secondary N) is 1. The molecule has 0 unspecified atom stereocenters. The van der Waals surface area contributed by atoms with Gasteiger partial charge in [0.15, 0.2) is 0 Å². The first kappa shape index (κ1) is 13.0. The minimum Gasteiger partial charge on any atom is -0.330 e. The molecule has 15 heavy (non-hydrogen) atoms. The third-order valence-corrected chi connectivity index (χ3v) is 3.34. The van der Waals surface area contributed by atoms with Crippen LogP contribution in [0.4, 0.5) is 0 Å².